The van der Waals surface area contributed by atoms with Gasteiger partial charge < -0.3 is 10.0 Å². The van der Waals surface area contributed by atoms with E-state index in [0.717, 1.165) is 17.0 Å². The molecule has 2 rings (SSSR count). The Labute approximate surface area is 123 Å². The molecule has 0 spiro atoms. The highest BCUT2D eigenvalue weighted by Crippen LogP contribution is 2.34. The summed E-state index contributed by atoms with van der Waals surface area (Å²) >= 11 is 1.53. The fourth-order valence-electron chi connectivity index (χ4n) is 1.92. The van der Waals surface area contributed by atoms with E-state index in [2.05, 4.69) is 0 Å². The van der Waals surface area contributed by atoms with Gasteiger partial charge in [0.05, 0.1) is 17.7 Å². The first-order chi connectivity index (χ1) is 9.79. The van der Waals surface area contributed by atoms with Gasteiger partial charge in [-0.1, -0.05) is 6.07 Å². The lowest BCUT2D eigenvalue weighted by Crippen LogP contribution is -2.18. The fraction of sp³-hybridized carbons (Fsp3) is 0.214. The molecule has 112 valence electrons. The number of carbonyl (C=O) groups is 1. The van der Waals surface area contributed by atoms with Crippen molar-refractivity contribution >= 4 is 23.0 Å². The highest BCUT2D eigenvalue weighted by atomic mass is 32.1. The third kappa shape index (κ3) is 3.55. The minimum Gasteiger partial charge on any atom is -0.478 e. The number of hydrogen-bond acceptors (Lipinski definition) is 3. The summed E-state index contributed by atoms with van der Waals surface area (Å²) in [6, 6.07) is 6.93. The molecule has 3 nitrogen and oxygen atoms in total. The summed E-state index contributed by atoms with van der Waals surface area (Å²) in [4.78, 5) is 13.8. The summed E-state index contributed by atoms with van der Waals surface area (Å²) in [5.41, 5.74) is -1.45. The predicted octanol–water partition coefficient (Wildman–Crippen LogP) is 4.10. The Morgan fingerprint density at radius 2 is 2.05 bits per heavy atom. The Kier molecular flexibility index (Phi) is 4.22. The van der Waals surface area contributed by atoms with E-state index in [0.29, 0.717) is 12.2 Å². The minimum atomic E-state index is -4.68. The van der Waals surface area contributed by atoms with E-state index in [1.807, 2.05) is 17.5 Å². The summed E-state index contributed by atoms with van der Waals surface area (Å²) in [6.45, 7) is 0.502. The monoisotopic (exact) mass is 315 g/mol. The van der Waals surface area contributed by atoms with Gasteiger partial charge in [-0.3, -0.25) is 0 Å². The Morgan fingerprint density at radius 3 is 2.57 bits per heavy atom. The number of carboxylic acids is 1. The van der Waals surface area contributed by atoms with Crippen LogP contribution in [-0.4, -0.2) is 18.1 Å². The number of anilines is 1. The Morgan fingerprint density at radius 1 is 1.33 bits per heavy atom. The molecule has 0 saturated carbocycles. The summed E-state index contributed by atoms with van der Waals surface area (Å²) in [6.07, 6.45) is -4.68. The molecule has 1 aromatic heterocycles. The van der Waals surface area contributed by atoms with Gasteiger partial charge >= 0.3 is 12.1 Å². The van der Waals surface area contributed by atoms with Crippen LogP contribution >= 0.6 is 11.3 Å². The quantitative estimate of drug-likeness (QED) is 0.923. The van der Waals surface area contributed by atoms with Crippen LogP contribution in [0.4, 0.5) is 18.9 Å². The predicted molar refractivity (Wildman–Crippen MR) is 74.8 cm³/mol. The van der Waals surface area contributed by atoms with Crippen molar-refractivity contribution in [3.05, 3.63) is 51.7 Å². The molecule has 21 heavy (non-hydrogen) atoms. The van der Waals surface area contributed by atoms with Gasteiger partial charge in [0.15, 0.2) is 0 Å². The molecule has 2 aromatic rings. The van der Waals surface area contributed by atoms with Crippen LogP contribution in [-0.2, 0) is 12.7 Å². The third-order valence-corrected chi connectivity index (χ3v) is 3.81. The van der Waals surface area contributed by atoms with Crippen LogP contribution in [0.25, 0.3) is 0 Å². The molecule has 0 fully saturated rings. The first kappa shape index (κ1) is 15.4. The normalized spacial score (nSPS) is 11.4. The number of alkyl halides is 3. The van der Waals surface area contributed by atoms with Crippen molar-refractivity contribution in [3.8, 4) is 0 Å². The largest absolute Gasteiger partial charge is 0.478 e. The van der Waals surface area contributed by atoms with Crippen molar-refractivity contribution in [1.82, 2.24) is 0 Å². The van der Waals surface area contributed by atoms with Gasteiger partial charge in [0, 0.05) is 17.6 Å². The van der Waals surface area contributed by atoms with E-state index in [4.69, 9.17) is 5.11 Å². The van der Waals surface area contributed by atoms with E-state index in [1.165, 1.54) is 17.4 Å². The lowest BCUT2D eigenvalue weighted by atomic mass is 10.1. The standard InChI is InChI=1S/C14H12F3NO2S/c1-18(8-10-3-2-6-21-10)9-4-5-12(14(15,16)17)11(7-9)13(19)20/h2-7H,8H2,1H3,(H,19,20). The molecule has 1 heterocycles. The average Bonchev–Trinajstić information content (AvgIpc) is 2.89. The van der Waals surface area contributed by atoms with Gasteiger partial charge in [0.25, 0.3) is 0 Å². The maximum absolute atomic E-state index is 12.8. The second-order valence-electron chi connectivity index (χ2n) is 4.47. The van der Waals surface area contributed by atoms with Crippen LogP contribution in [0.3, 0.4) is 0 Å². The SMILES string of the molecule is CN(Cc1cccs1)c1ccc(C(F)(F)F)c(C(=O)O)c1. The van der Waals surface area contributed by atoms with Gasteiger partial charge in [0.2, 0.25) is 0 Å². The van der Waals surface area contributed by atoms with E-state index in [9.17, 15) is 18.0 Å². The van der Waals surface area contributed by atoms with Gasteiger partial charge in [-0.05, 0) is 29.6 Å². The molecular weight excluding hydrogens is 303 g/mol. The highest BCUT2D eigenvalue weighted by molar-refractivity contribution is 7.09. The zero-order chi connectivity index (χ0) is 15.6. The first-order valence-electron chi connectivity index (χ1n) is 5.97. The van der Waals surface area contributed by atoms with Crippen LogP contribution in [0.5, 0.6) is 0 Å². The van der Waals surface area contributed by atoms with Crippen LogP contribution in [0.15, 0.2) is 35.7 Å². The Balaban J connectivity index is 2.33. The number of rotatable bonds is 4. The number of thiophene rings is 1. The van der Waals surface area contributed by atoms with Crippen molar-refractivity contribution in [2.75, 3.05) is 11.9 Å². The number of halogens is 3. The minimum absolute atomic E-state index is 0.425. The molecule has 0 aliphatic heterocycles. The van der Waals surface area contributed by atoms with Crippen molar-refractivity contribution in [2.24, 2.45) is 0 Å². The number of hydrogen-bond donors (Lipinski definition) is 1. The zero-order valence-electron chi connectivity index (χ0n) is 11.0. The first-order valence-corrected chi connectivity index (χ1v) is 6.85. The van der Waals surface area contributed by atoms with E-state index >= 15 is 0 Å². The molecule has 0 amide bonds. The molecule has 0 saturated heterocycles. The van der Waals surface area contributed by atoms with Crippen molar-refractivity contribution < 1.29 is 23.1 Å². The van der Waals surface area contributed by atoms with Gasteiger partial charge in [-0.2, -0.15) is 13.2 Å². The van der Waals surface area contributed by atoms with Gasteiger partial charge in [-0.25, -0.2) is 4.79 Å². The van der Waals surface area contributed by atoms with Gasteiger partial charge in [-0.15, -0.1) is 11.3 Å². The third-order valence-electron chi connectivity index (χ3n) is 2.95. The number of nitrogens with zero attached hydrogens (tertiary/aromatic N) is 1. The molecule has 0 aliphatic rings. The highest BCUT2D eigenvalue weighted by Gasteiger charge is 2.35. The lowest BCUT2D eigenvalue weighted by Gasteiger charge is -2.20. The molecule has 0 aliphatic carbocycles. The fourth-order valence-corrected chi connectivity index (χ4v) is 2.68. The molecule has 0 unspecified atom stereocenters. The molecule has 0 atom stereocenters. The van der Waals surface area contributed by atoms with Gasteiger partial charge in [0.1, 0.15) is 0 Å². The molecule has 1 N–H and O–H groups in total. The Hall–Kier alpha value is -2.02. The average molecular weight is 315 g/mol. The molecule has 0 bridgehead atoms. The van der Waals surface area contributed by atoms with Crippen LogP contribution < -0.4 is 4.90 Å². The number of carboxylic acid groups (broad SMARTS) is 1. The summed E-state index contributed by atoms with van der Waals surface area (Å²) in [7, 11) is 1.70. The second kappa shape index (κ2) is 5.77. The molecule has 7 heteroatoms. The van der Waals surface area contributed by atoms with Crippen LogP contribution in [0.1, 0.15) is 20.8 Å². The number of benzene rings is 1. The smallest absolute Gasteiger partial charge is 0.417 e. The van der Waals surface area contributed by atoms with Crippen molar-refractivity contribution in [3.63, 3.8) is 0 Å². The maximum atomic E-state index is 12.8. The van der Waals surface area contributed by atoms with Crippen LogP contribution in [0, 0.1) is 0 Å². The topological polar surface area (TPSA) is 40.5 Å². The van der Waals surface area contributed by atoms with Crippen molar-refractivity contribution in [2.45, 2.75) is 12.7 Å². The molecule has 0 radical (unpaired) electrons. The summed E-state index contributed by atoms with van der Waals surface area (Å²) < 4.78 is 38.3. The second-order valence-corrected chi connectivity index (χ2v) is 5.50. The maximum Gasteiger partial charge on any atom is 0.417 e. The molecular formula is C14H12F3NO2S. The lowest BCUT2D eigenvalue weighted by molar-refractivity contribution is -0.138. The zero-order valence-corrected chi connectivity index (χ0v) is 11.8. The number of aromatic carboxylic acids is 1. The van der Waals surface area contributed by atoms with Crippen molar-refractivity contribution in [1.29, 1.82) is 0 Å². The summed E-state index contributed by atoms with van der Waals surface area (Å²) in [5, 5.41) is 10.9. The van der Waals surface area contributed by atoms with E-state index in [-0.39, 0.29) is 0 Å². The summed E-state index contributed by atoms with van der Waals surface area (Å²) in [5.74, 6) is -1.59. The van der Waals surface area contributed by atoms with E-state index < -0.39 is 23.3 Å². The Bertz CT molecular complexity index is 638. The molecule has 1 aromatic carbocycles. The van der Waals surface area contributed by atoms with E-state index in [1.54, 1.807) is 11.9 Å². The van der Waals surface area contributed by atoms with Crippen LogP contribution in [0.2, 0.25) is 0 Å².